The molecule has 0 bridgehead atoms. The lowest BCUT2D eigenvalue weighted by atomic mass is 10.2. The van der Waals surface area contributed by atoms with Crippen molar-refractivity contribution in [1.29, 1.82) is 0 Å². The zero-order valence-electron chi connectivity index (χ0n) is 10.1. The van der Waals surface area contributed by atoms with Gasteiger partial charge in [0.1, 0.15) is 0 Å². The quantitative estimate of drug-likeness (QED) is 0.465. The van der Waals surface area contributed by atoms with E-state index in [-0.39, 0.29) is 5.75 Å². The number of rotatable bonds is 9. The maximum atomic E-state index is 11.5. The van der Waals surface area contributed by atoms with Crippen molar-refractivity contribution in [3.63, 3.8) is 0 Å². The summed E-state index contributed by atoms with van der Waals surface area (Å²) in [5.41, 5.74) is 0. The molecule has 0 aliphatic heterocycles. The Morgan fingerprint density at radius 1 is 1.25 bits per heavy atom. The summed E-state index contributed by atoms with van der Waals surface area (Å²) in [6.07, 6.45) is 7.46. The molecule has 0 amide bonds. The molecule has 0 aliphatic carbocycles. The van der Waals surface area contributed by atoms with Gasteiger partial charge < -0.3 is 5.32 Å². The van der Waals surface area contributed by atoms with Gasteiger partial charge in [0.05, 0.1) is 5.75 Å². The fourth-order valence-corrected chi connectivity index (χ4v) is 2.12. The third-order valence-corrected chi connectivity index (χ3v) is 3.38. The number of terminal acetylenes is 1. The Bertz CT molecular complexity index is 304. The Balaban J connectivity index is 3.59. The molecule has 5 heteroatoms. The molecule has 0 spiro atoms. The molecule has 0 aromatic carbocycles. The van der Waals surface area contributed by atoms with Gasteiger partial charge in [-0.25, -0.2) is 13.1 Å². The first kappa shape index (κ1) is 15.4. The van der Waals surface area contributed by atoms with E-state index in [1.165, 1.54) is 0 Å². The molecule has 0 radical (unpaired) electrons. The summed E-state index contributed by atoms with van der Waals surface area (Å²) in [5.74, 6) is 2.65. The molecule has 0 heterocycles. The second kappa shape index (κ2) is 8.57. The van der Waals surface area contributed by atoms with E-state index in [0.717, 1.165) is 12.8 Å². The molecule has 4 nitrogen and oxygen atoms in total. The molecular weight excluding hydrogens is 224 g/mol. The van der Waals surface area contributed by atoms with E-state index in [0.29, 0.717) is 25.6 Å². The van der Waals surface area contributed by atoms with Gasteiger partial charge in [-0.05, 0) is 12.8 Å². The fourth-order valence-electron chi connectivity index (χ4n) is 1.13. The van der Waals surface area contributed by atoms with Crippen LogP contribution in [0.5, 0.6) is 0 Å². The van der Waals surface area contributed by atoms with Gasteiger partial charge in [-0.2, -0.15) is 0 Å². The Kier molecular flexibility index (Phi) is 8.26. The van der Waals surface area contributed by atoms with Crippen LogP contribution in [0.4, 0.5) is 0 Å². The van der Waals surface area contributed by atoms with E-state index in [1.807, 2.05) is 13.8 Å². The van der Waals surface area contributed by atoms with Crippen LogP contribution in [0.2, 0.25) is 0 Å². The summed E-state index contributed by atoms with van der Waals surface area (Å²) in [5, 5.41) is 3.07. The zero-order chi connectivity index (χ0) is 12.4. The van der Waals surface area contributed by atoms with E-state index in [9.17, 15) is 8.42 Å². The van der Waals surface area contributed by atoms with Gasteiger partial charge in [-0.1, -0.05) is 13.8 Å². The van der Waals surface area contributed by atoms with Crippen molar-refractivity contribution in [2.24, 2.45) is 0 Å². The lowest BCUT2D eigenvalue weighted by Crippen LogP contribution is -2.34. The van der Waals surface area contributed by atoms with Crippen LogP contribution < -0.4 is 10.0 Å². The number of nitrogens with one attached hydrogen (secondary N) is 2. The average molecular weight is 246 g/mol. The number of unbranched alkanes of at least 4 members (excludes halogenated alkanes) is 2. The average Bonchev–Trinajstić information content (AvgIpc) is 2.16. The lowest BCUT2D eigenvalue weighted by molar-refractivity contribution is 0.564. The Labute approximate surface area is 99.2 Å². The first-order valence-corrected chi connectivity index (χ1v) is 7.27. The number of hydrogen-bond acceptors (Lipinski definition) is 3. The van der Waals surface area contributed by atoms with Crippen molar-refractivity contribution in [3.05, 3.63) is 0 Å². The van der Waals surface area contributed by atoms with Crippen LogP contribution in [-0.2, 0) is 10.0 Å². The van der Waals surface area contributed by atoms with E-state index in [2.05, 4.69) is 16.0 Å². The van der Waals surface area contributed by atoms with E-state index in [1.54, 1.807) is 0 Å². The molecular formula is C11H22N2O2S. The van der Waals surface area contributed by atoms with Gasteiger partial charge >= 0.3 is 0 Å². The van der Waals surface area contributed by atoms with Crippen LogP contribution in [0, 0.1) is 12.3 Å². The molecule has 2 N–H and O–H groups in total. The maximum absolute atomic E-state index is 11.5. The molecule has 0 aromatic heterocycles. The molecule has 0 aromatic rings. The lowest BCUT2D eigenvalue weighted by Gasteiger charge is -2.09. The predicted molar refractivity (Wildman–Crippen MR) is 67.6 cm³/mol. The van der Waals surface area contributed by atoms with Gasteiger partial charge in [-0.15, -0.1) is 12.3 Å². The summed E-state index contributed by atoms with van der Waals surface area (Å²) in [6, 6.07) is 0.311. The van der Waals surface area contributed by atoms with Crippen LogP contribution >= 0.6 is 0 Å². The van der Waals surface area contributed by atoms with Crippen molar-refractivity contribution >= 4 is 10.0 Å². The van der Waals surface area contributed by atoms with Crippen LogP contribution in [0.15, 0.2) is 0 Å². The zero-order valence-corrected chi connectivity index (χ0v) is 10.9. The normalized spacial score (nSPS) is 11.6. The summed E-state index contributed by atoms with van der Waals surface area (Å²) < 4.78 is 25.5. The summed E-state index contributed by atoms with van der Waals surface area (Å²) in [6.45, 7) is 4.93. The predicted octanol–water partition coefficient (Wildman–Crippen LogP) is 0.707. The Morgan fingerprint density at radius 2 is 1.94 bits per heavy atom. The van der Waals surface area contributed by atoms with Crippen LogP contribution in [0.1, 0.15) is 33.1 Å². The van der Waals surface area contributed by atoms with Crippen LogP contribution in [-0.4, -0.2) is 33.3 Å². The van der Waals surface area contributed by atoms with Gasteiger partial charge in [0.25, 0.3) is 0 Å². The minimum atomic E-state index is -3.13. The fraction of sp³-hybridized carbons (Fsp3) is 0.818. The molecule has 0 rings (SSSR count). The Hall–Kier alpha value is -0.570. The number of sulfonamides is 1. The molecule has 0 fully saturated rings. The number of hydrogen-bond donors (Lipinski definition) is 2. The summed E-state index contributed by atoms with van der Waals surface area (Å²) in [7, 11) is -3.13. The van der Waals surface area contributed by atoms with E-state index >= 15 is 0 Å². The van der Waals surface area contributed by atoms with Crippen LogP contribution in [0.3, 0.4) is 0 Å². The molecule has 0 unspecified atom stereocenters. The highest BCUT2D eigenvalue weighted by Gasteiger charge is 2.08. The maximum Gasteiger partial charge on any atom is 0.212 e. The standard InChI is InChI=1S/C11H22N2O2S/c1-4-5-6-7-8-13-16(14,15)10-9-12-11(2)3/h1,11-13H,5-10H2,2-3H3. The molecule has 94 valence electrons. The van der Waals surface area contributed by atoms with E-state index in [4.69, 9.17) is 6.42 Å². The third kappa shape index (κ3) is 9.97. The Morgan fingerprint density at radius 3 is 2.50 bits per heavy atom. The van der Waals surface area contributed by atoms with Gasteiger partial charge in [0.15, 0.2) is 0 Å². The molecule has 0 saturated carbocycles. The minimum Gasteiger partial charge on any atom is -0.313 e. The van der Waals surface area contributed by atoms with Crippen molar-refractivity contribution in [3.8, 4) is 12.3 Å². The second-order valence-electron chi connectivity index (χ2n) is 3.98. The van der Waals surface area contributed by atoms with Crippen molar-refractivity contribution in [2.75, 3.05) is 18.8 Å². The van der Waals surface area contributed by atoms with E-state index < -0.39 is 10.0 Å². The van der Waals surface area contributed by atoms with Crippen molar-refractivity contribution in [2.45, 2.75) is 39.2 Å². The van der Waals surface area contributed by atoms with Gasteiger partial charge in [0.2, 0.25) is 10.0 Å². The minimum absolute atomic E-state index is 0.125. The third-order valence-electron chi connectivity index (χ3n) is 1.99. The molecule has 0 atom stereocenters. The topological polar surface area (TPSA) is 58.2 Å². The van der Waals surface area contributed by atoms with Crippen LogP contribution in [0.25, 0.3) is 0 Å². The smallest absolute Gasteiger partial charge is 0.212 e. The van der Waals surface area contributed by atoms with Gasteiger partial charge in [-0.3, -0.25) is 0 Å². The summed E-state index contributed by atoms with van der Waals surface area (Å²) >= 11 is 0. The largest absolute Gasteiger partial charge is 0.313 e. The first-order valence-electron chi connectivity index (χ1n) is 5.62. The molecule has 0 saturated heterocycles. The SMILES string of the molecule is C#CCCCCNS(=O)(=O)CCNC(C)C. The highest BCUT2D eigenvalue weighted by atomic mass is 32.2. The van der Waals surface area contributed by atoms with Gasteiger partial charge in [0, 0.05) is 25.6 Å². The molecule has 0 aliphatic rings. The second-order valence-corrected chi connectivity index (χ2v) is 5.91. The van der Waals surface area contributed by atoms with Crippen molar-refractivity contribution in [1.82, 2.24) is 10.0 Å². The highest BCUT2D eigenvalue weighted by molar-refractivity contribution is 7.89. The molecule has 16 heavy (non-hydrogen) atoms. The monoisotopic (exact) mass is 246 g/mol. The summed E-state index contributed by atoms with van der Waals surface area (Å²) in [4.78, 5) is 0. The first-order chi connectivity index (χ1) is 7.48. The highest BCUT2D eigenvalue weighted by Crippen LogP contribution is 1.93. The van der Waals surface area contributed by atoms with Crippen molar-refractivity contribution < 1.29 is 8.42 Å².